The highest BCUT2D eigenvalue weighted by Crippen LogP contribution is 1.91. The van der Waals surface area contributed by atoms with E-state index in [-0.39, 0.29) is 0 Å². The van der Waals surface area contributed by atoms with Crippen molar-refractivity contribution in [3.63, 3.8) is 0 Å². The summed E-state index contributed by atoms with van der Waals surface area (Å²) in [6, 6.07) is 0. The first-order valence-corrected chi connectivity index (χ1v) is 6.53. The molecule has 0 aromatic carbocycles. The predicted molar refractivity (Wildman–Crippen MR) is 58.9 cm³/mol. The molecule has 0 N–H and O–H groups in total. The molecule has 0 unspecified atom stereocenters. The third-order valence-corrected chi connectivity index (χ3v) is 2.03. The summed E-state index contributed by atoms with van der Waals surface area (Å²) >= 11 is 0. The summed E-state index contributed by atoms with van der Waals surface area (Å²) in [7, 11) is -1.26. The van der Waals surface area contributed by atoms with Crippen molar-refractivity contribution in [1.82, 2.24) is 9.55 Å². The van der Waals surface area contributed by atoms with Gasteiger partial charge in [0.2, 0.25) is 0 Å². The minimum Gasteiger partial charge on any atom is -0.341 e. The number of imidazole rings is 1. The quantitative estimate of drug-likeness (QED) is 0.580. The van der Waals surface area contributed by atoms with E-state index in [1.807, 2.05) is 24.7 Å². The molecule has 88 valence electrons. The average Bonchev–Trinajstić information content (AvgIpc) is 2.55. The van der Waals surface area contributed by atoms with Gasteiger partial charge in [-0.1, -0.05) is 13.3 Å². The van der Waals surface area contributed by atoms with Gasteiger partial charge in [-0.15, -0.1) is 0 Å². The Balaban J connectivity index is 0.000000280. The second kappa shape index (κ2) is 7.42. The number of unbranched alkanes of at least 4 members (excludes halogenated alkanes) is 1. The molecule has 0 spiro atoms. The Kier molecular flexibility index (Phi) is 6.98. The molecule has 0 fully saturated rings. The van der Waals surface area contributed by atoms with Crippen LogP contribution in [0.1, 0.15) is 19.8 Å². The predicted octanol–water partition coefficient (Wildman–Crippen LogP) is 1.18. The van der Waals surface area contributed by atoms with Gasteiger partial charge in [-0.25, -0.2) is 4.98 Å². The van der Waals surface area contributed by atoms with Gasteiger partial charge < -0.3 is 4.57 Å². The van der Waals surface area contributed by atoms with Crippen LogP contribution in [-0.4, -0.2) is 30.8 Å². The molecular weight excluding hydrogens is 216 g/mol. The van der Waals surface area contributed by atoms with Crippen LogP contribution in [0, 0.1) is 0 Å². The lowest BCUT2D eigenvalue weighted by molar-refractivity contribution is 0.314. The van der Waals surface area contributed by atoms with E-state index in [1.54, 1.807) is 12.5 Å². The molecule has 0 radical (unpaired) electrons. The maximum Gasteiger partial charge on any atom is 0.264 e. The summed E-state index contributed by atoms with van der Waals surface area (Å²) in [5, 5.41) is 0. The first-order valence-electron chi connectivity index (χ1n) is 4.72. The van der Waals surface area contributed by atoms with E-state index < -0.39 is 10.1 Å². The van der Waals surface area contributed by atoms with Gasteiger partial charge in [0.25, 0.3) is 10.1 Å². The molecule has 0 aliphatic heterocycles. The van der Waals surface area contributed by atoms with Crippen LogP contribution < -0.4 is 0 Å². The second-order valence-electron chi connectivity index (χ2n) is 3.11. The Morgan fingerprint density at radius 3 is 2.40 bits per heavy atom. The molecule has 0 aliphatic rings. The first kappa shape index (κ1) is 14.1. The lowest BCUT2D eigenvalue weighted by Crippen LogP contribution is -2.03. The zero-order valence-corrected chi connectivity index (χ0v) is 10.2. The SMILES string of the molecule is CCCCOS(C)(=O)=O.Cn1ccnc1. The summed E-state index contributed by atoms with van der Waals surface area (Å²) in [6.07, 6.45) is 8.20. The van der Waals surface area contributed by atoms with Crippen LogP contribution in [0.4, 0.5) is 0 Å². The maximum absolute atomic E-state index is 10.3. The topological polar surface area (TPSA) is 61.2 Å². The molecule has 0 saturated heterocycles. The summed E-state index contributed by atoms with van der Waals surface area (Å²) in [5.74, 6) is 0. The highest BCUT2D eigenvalue weighted by molar-refractivity contribution is 7.85. The van der Waals surface area contributed by atoms with Crippen molar-refractivity contribution in [2.24, 2.45) is 7.05 Å². The van der Waals surface area contributed by atoms with E-state index in [0.717, 1.165) is 19.1 Å². The standard InChI is InChI=1S/C5H12O3S.C4H6N2/c1-3-4-5-8-9(2,6)7;1-6-3-2-5-4-6/h3-5H2,1-2H3;2-4H,1H3. The fourth-order valence-corrected chi connectivity index (χ4v) is 1.10. The molecule has 0 atom stereocenters. The highest BCUT2D eigenvalue weighted by atomic mass is 32.2. The van der Waals surface area contributed by atoms with Crippen molar-refractivity contribution in [3.8, 4) is 0 Å². The summed E-state index contributed by atoms with van der Waals surface area (Å²) in [6.45, 7) is 2.29. The Morgan fingerprint density at radius 2 is 2.13 bits per heavy atom. The van der Waals surface area contributed by atoms with Gasteiger partial charge in [0.15, 0.2) is 0 Å². The third kappa shape index (κ3) is 11.0. The minimum atomic E-state index is -3.20. The van der Waals surface area contributed by atoms with E-state index in [0.29, 0.717) is 6.61 Å². The molecule has 1 heterocycles. The number of rotatable bonds is 4. The molecule has 0 saturated carbocycles. The smallest absolute Gasteiger partial charge is 0.264 e. The fraction of sp³-hybridized carbons (Fsp3) is 0.667. The van der Waals surface area contributed by atoms with Gasteiger partial charge >= 0.3 is 0 Å². The van der Waals surface area contributed by atoms with Gasteiger partial charge in [0.05, 0.1) is 19.2 Å². The van der Waals surface area contributed by atoms with Crippen molar-refractivity contribution in [2.45, 2.75) is 19.8 Å². The van der Waals surface area contributed by atoms with Gasteiger partial charge in [0.1, 0.15) is 0 Å². The van der Waals surface area contributed by atoms with Crippen LogP contribution in [0.15, 0.2) is 18.7 Å². The number of aryl methyl sites for hydroxylation is 1. The molecule has 0 amide bonds. The highest BCUT2D eigenvalue weighted by Gasteiger charge is 1.98. The number of nitrogens with zero attached hydrogens (tertiary/aromatic N) is 2. The van der Waals surface area contributed by atoms with Crippen LogP contribution >= 0.6 is 0 Å². The molecule has 0 bridgehead atoms. The molecular formula is C9H18N2O3S. The van der Waals surface area contributed by atoms with Gasteiger partial charge in [-0.05, 0) is 6.42 Å². The van der Waals surface area contributed by atoms with Crippen LogP contribution in [0.5, 0.6) is 0 Å². The van der Waals surface area contributed by atoms with E-state index in [1.165, 1.54) is 0 Å². The van der Waals surface area contributed by atoms with Crippen molar-refractivity contribution in [2.75, 3.05) is 12.9 Å². The largest absolute Gasteiger partial charge is 0.341 e. The van der Waals surface area contributed by atoms with Crippen LogP contribution in [0.25, 0.3) is 0 Å². The maximum atomic E-state index is 10.3. The van der Waals surface area contributed by atoms with Crippen molar-refractivity contribution in [1.29, 1.82) is 0 Å². The average molecular weight is 234 g/mol. The Morgan fingerprint density at radius 1 is 1.47 bits per heavy atom. The monoisotopic (exact) mass is 234 g/mol. The van der Waals surface area contributed by atoms with Crippen LogP contribution in [0.3, 0.4) is 0 Å². The van der Waals surface area contributed by atoms with Gasteiger partial charge in [-0.2, -0.15) is 8.42 Å². The van der Waals surface area contributed by atoms with E-state index in [4.69, 9.17) is 0 Å². The zero-order valence-electron chi connectivity index (χ0n) is 9.38. The summed E-state index contributed by atoms with van der Waals surface area (Å²) in [4.78, 5) is 3.78. The van der Waals surface area contributed by atoms with Gasteiger partial charge in [-0.3, -0.25) is 4.18 Å². The van der Waals surface area contributed by atoms with Crippen molar-refractivity contribution in [3.05, 3.63) is 18.7 Å². The van der Waals surface area contributed by atoms with Crippen molar-refractivity contribution < 1.29 is 12.6 Å². The lowest BCUT2D eigenvalue weighted by atomic mass is 10.4. The number of hydrogen-bond acceptors (Lipinski definition) is 4. The van der Waals surface area contributed by atoms with E-state index >= 15 is 0 Å². The summed E-state index contributed by atoms with van der Waals surface area (Å²) in [5.41, 5.74) is 0. The normalized spacial score (nSPS) is 10.6. The van der Waals surface area contributed by atoms with Crippen LogP contribution in [0.2, 0.25) is 0 Å². The molecule has 1 aromatic rings. The molecule has 5 nitrogen and oxygen atoms in total. The lowest BCUT2D eigenvalue weighted by Gasteiger charge is -1.96. The Labute approximate surface area is 91.2 Å². The first-order chi connectivity index (χ1) is 6.95. The fourth-order valence-electron chi connectivity index (χ4n) is 0.680. The van der Waals surface area contributed by atoms with Crippen LogP contribution in [-0.2, 0) is 21.3 Å². The number of hydrogen-bond donors (Lipinski definition) is 0. The molecule has 1 rings (SSSR count). The molecule has 0 aliphatic carbocycles. The van der Waals surface area contributed by atoms with E-state index in [2.05, 4.69) is 9.17 Å². The minimum absolute atomic E-state index is 0.315. The summed E-state index contributed by atoms with van der Waals surface area (Å²) < 4.78 is 26.9. The number of aromatic nitrogens is 2. The molecule has 6 heteroatoms. The van der Waals surface area contributed by atoms with Gasteiger partial charge in [0, 0.05) is 19.4 Å². The Bertz CT molecular complexity index is 332. The second-order valence-corrected chi connectivity index (χ2v) is 4.75. The molecule has 15 heavy (non-hydrogen) atoms. The van der Waals surface area contributed by atoms with Crippen molar-refractivity contribution >= 4 is 10.1 Å². The Hall–Kier alpha value is -0.880. The molecule has 1 aromatic heterocycles. The zero-order chi connectivity index (χ0) is 11.7. The third-order valence-electron chi connectivity index (χ3n) is 1.43. The van der Waals surface area contributed by atoms with E-state index in [9.17, 15) is 8.42 Å².